The molecule has 5 heteroatoms. The Morgan fingerprint density at radius 3 is 2.78 bits per heavy atom. The van der Waals surface area contributed by atoms with Gasteiger partial charge in [0, 0.05) is 6.42 Å². The van der Waals surface area contributed by atoms with Crippen molar-refractivity contribution in [1.82, 2.24) is 0 Å². The van der Waals surface area contributed by atoms with E-state index < -0.39 is 11.9 Å². The zero-order chi connectivity index (χ0) is 13.5. The van der Waals surface area contributed by atoms with E-state index in [1.807, 2.05) is 13.8 Å². The third-order valence-corrected chi connectivity index (χ3v) is 2.20. The largest absolute Gasteiger partial charge is 0.490 e. The summed E-state index contributed by atoms with van der Waals surface area (Å²) in [6, 6.07) is 4.58. The molecular weight excluding hydrogens is 237 g/mol. The molecule has 0 unspecified atom stereocenters. The first kappa shape index (κ1) is 14.3. The molecule has 18 heavy (non-hydrogen) atoms. The first-order valence-electron chi connectivity index (χ1n) is 5.82. The number of primary amides is 1. The van der Waals surface area contributed by atoms with Crippen molar-refractivity contribution in [3.05, 3.63) is 29.6 Å². The highest BCUT2D eigenvalue weighted by Gasteiger charge is 2.06. The number of hydrogen-bond acceptors (Lipinski definition) is 3. The highest BCUT2D eigenvalue weighted by Crippen LogP contribution is 2.20. The fourth-order valence-electron chi connectivity index (χ4n) is 1.34. The van der Waals surface area contributed by atoms with E-state index in [1.165, 1.54) is 6.07 Å². The van der Waals surface area contributed by atoms with E-state index in [-0.39, 0.29) is 12.4 Å². The summed E-state index contributed by atoms with van der Waals surface area (Å²) in [6.07, 6.45) is -0.338. The van der Waals surface area contributed by atoms with Gasteiger partial charge >= 0.3 is 6.09 Å². The van der Waals surface area contributed by atoms with Crippen LogP contribution in [0.2, 0.25) is 0 Å². The minimum Gasteiger partial charge on any atom is -0.490 e. The number of rotatable bonds is 6. The van der Waals surface area contributed by atoms with Crippen LogP contribution in [-0.2, 0) is 11.2 Å². The van der Waals surface area contributed by atoms with E-state index >= 15 is 0 Å². The molecule has 100 valence electrons. The molecule has 0 fully saturated rings. The summed E-state index contributed by atoms with van der Waals surface area (Å²) < 4.78 is 23.4. The normalized spacial score (nSPS) is 10.4. The molecule has 0 saturated carbocycles. The number of benzene rings is 1. The summed E-state index contributed by atoms with van der Waals surface area (Å²) in [5.41, 5.74) is 5.68. The predicted octanol–water partition coefficient (Wildman–Crippen LogP) is 2.50. The van der Waals surface area contributed by atoms with Gasteiger partial charge < -0.3 is 15.2 Å². The molecule has 0 aliphatic rings. The summed E-state index contributed by atoms with van der Waals surface area (Å²) >= 11 is 0. The molecule has 0 spiro atoms. The van der Waals surface area contributed by atoms with Crippen molar-refractivity contribution in [3.8, 4) is 5.75 Å². The van der Waals surface area contributed by atoms with Gasteiger partial charge in [-0.1, -0.05) is 19.9 Å². The van der Waals surface area contributed by atoms with Crippen LogP contribution >= 0.6 is 0 Å². The molecule has 0 aliphatic carbocycles. The van der Waals surface area contributed by atoms with Gasteiger partial charge in [0.25, 0.3) is 0 Å². The van der Waals surface area contributed by atoms with Gasteiger partial charge in [0.1, 0.15) is 0 Å². The maximum Gasteiger partial charge on any atom is 0.404 e. The van der Waals surface area contributed by atoms with Crippen LogP contribution in [0.1, 0.15) is 19.4 Å². The van der Waals surface area contributed by atoms with Gasteiger partial charge in [-0.05, 0) is 23.6 Å². The highest BCUT2D eigenvalue weighted by atomic mass is 19.1. The standard InChI is InChI=1S/C13H18FNO3/c1-9(2)8-18-12-7-10(3-4-11(12)14)5-6-17-13(15)16/h3-4,7,9H,5-6,8H2,1-2H3,(H2,15,16). The van der Waals surface area contributed by atoms with Gasteiger partial charge in [-0.3, -0.25) is 0 Å². The second-order valence-electron chi connectivity index (χ2n) is 4.39. The van der Waals surface area contributed by atoms with Gasteiger partial charge in [0.2, 0.25) is 0 Å². The van der Waals surface area contributed by atoms with Gasteiger partial charge in [-0.25, -0.2) is 9.18 Å². The SMILES string of the molecule is CC(C)COc1cc(CCOC(N)=O)ccc1F. The van der Waals surface area contributed by atoms with Crippen LogP contribution < -0.4 is 10.5 Å². The van der Waals surface area contributed by atoms with Crippen molar-refractivity contribution in [2.24, 2.45) is 11.7 Å². The van der Waals surface area contributed by atoms with Gasteiger partial charge in [-0.15, -0.1) is 0 Å². The maximum atomic E-state index is 13.4. The molecule has 1 aromatic rings. The molecule has 0 saturated heterocycles. The summed E-state index contributed by atoms with van der Waals surface area (Å²) in [5.74, 6) is 0.154. The van der Waals surface area contributed by atoms with Crippen LogP contribution in [0.25, 0.3) is 0 Å². The van der Waals surface area contributed by atoms with Crippen LogP contribution in [0, 0.1) is 11.7 Å². The minimum absolute atomic E-state index is 0.171. The van der Waals surface area contributed by atoms with Crippen LogP contribution in [-0.4, -0.2) is 19.3 Å². The third-order valence-electron chi connectivity index (χ3n) is 2.20. The van der Waals surface area contributed by atoms with Crippen molar-refractivity contribution in [1.29, 1.82) is 0 Å². The predicted molar refractivity (Wildman–Crippen MR) is 66.0 cm³/mol. The molecule has 1 rings (SSSR count). The lowest BCUT2D eigenvalue weighted by Crippen LogP contribution is -2.14. The van der Waals surface area contributed by atoms with Crippen molar-refractivity contribution < 1.29 is 18.7 Å². The topological polar surface area (TPSA) is 61.6 Å². The van der Waals surface area contributed by atoms with Gasteiger partial charge in [-0.2, -0.15) is 0 Å². The van der Waals surface area contributed by atoms with Crippen LogP contribution in [0.15, 0.2) is 18.2 Å². The van der Waals surface area contributed by atoms with E-state index in [4.69, 9.17) is 10.5 Å². The Balaban J connectivity index is 2.59. The fraction of sp³-hybridized carbons (Fsp3) is 0.462. The monoisotopic (exact) mass is 255 g/mol. The zero-order valence-electron chi connectivity index (χ0n) is 10.6. The molecule has 0 aromatic heterocycles. The summed E-state index contributed by atoms with van der Waals surface area (Å²) in [6.45, 7) is 4.60. The Bertz CT molecular complexity index is 407. The molecular formula is C13H18FNO3. The maximum absolute atomic E-state index is 13.4. The molecule has 4 nitrogen and oxygen atoms in total. The number of ether oxygens (including phenoxy) is 2. The van der Waals surface area contributed by atoms with Gasteiger partial charge in [0.15, 0.2) is 11.6 Å². The lowest BCUT2D eigenvalue weighted by Gasteiger charge is -2.11. The Morgan fingerprint density at radius 1 is 1.44 bits per heavy atom. The van der Waals surface area contributed by atoms with E-state index in [1.54, 1.807) is 12.1 Å². The fourth-order valence-corrected chi connectivity index (χ4v) is 1.34. The molecule has 1 aromatic carbocycles. The molecule has 1 amide bonds. The number of carbonyl (C=O) groups excluding carboxylic acids is 1. The van der Waals surface area contributed by atoms with E-state index in [0.717, 1.165) is 5.56 Å². The highest BCUT2D eigenvalue weighted by molar-refractivity contribution is 5.64. The zero-order valence-corrected chi connectivity index (χ0v) is 10.6. The second kappa shape index (κ2) is 6.83. The lowest BCUT2D eigenvalue weighted by molar-refractivity contribution is 0.158. The minimum atomic E-state index is -0.812. The summed E-state index contributed by atoms with van der Waals surface area (Å²) in [7, 11) is 0. The van der Waals surface area contributed by atoms with Crippen molar-refractivity contribution in [2.75, 3.05) is 13.2 Å². The number of amides is 1. The Kier molecular flexibility index (Phi) is 5.42. The van der Waals surface area contributed by atoms with E-state index in [9.17, 15) is 9.18 Å². The molecule has 0 aliphatic heterocycles. The Morgan fingerprint density at radius 2 is 2.17 bits per heavy atom. The third kappa shape index (κ3) is 5.03. The smallest absolute Gasteiger partial charge is 0.404 e. The second-order valence-corrected chi connectivity index (χ2v) is 4.39. The quantitative estimate of drug-likeness (QED) is 0.849. The number of halogens is 1. The summed E-state index contributed by atoms with van der Waals surface area (Å²) in [4.78, 5) is 10.4. The number of hydrogen-bond donors (Lipinski definition) is 1. The van der Waals surface area contributed by atoms with E-state index in [2.05, 4.69) is 4.74 Å². The molecule has 0 heterocycles. The van der Waals surface area contributed by atoms with Gasteiger partial charge in [0.05, 0.1) is 13.2 Å². The van der Waals surface area contributed by atoms with Crippen molar-refractivity contribution in [2.45, 2.75) is 20.3 Å². The lowest BCUT2D eigenvalue weighted by atomic mass is 10.1. The molecule has 0 radical (unpaired) electrons. The number of carbonyl (C=O) groups is 1. The van der Waals surface area contributed by atoms with Crippen LogP contribution in [0.5, 0.6) is 5.75 Å². The first-order chi connectivity index (χ1) is 8.49. The molecule has 0 atom stereocenters. The molecule has 2 N–H and O–H groups in total. The van der Waals surface area contributed by atoms with Crippen LogP contribution in [0.4, 0.5) is 9.18 Å². The number of nitrogens with two attached hydrogens (primary N) is 1. The van der Waals surface area contributed by atoms with Crippen molar-refractivity contribution >= 4 is 6.09 Å². The molecule has 0 bridgehead atoms. The van der Waals surface area contributed by atoms with Crippen LogP contribution in [0.3, 0.4) is 0 Å². The van der Waals surface area contributed by atoms with Crippen molar-refractivity contribution in [3.63, 3.8) is 0 Å². The average Bonchev–Trinajstić information content (AvgIpc) is 2.29. The summed E-state index contributed by atoms with van der Waals surface area (Å²) in [5, 5.41) is 0. The Labute approximate surface area is 106 Å². The first-order valence-corrected chi connectivity index (χ1v) is 5.82. The average molecular weight is 255 g/mol. The van der Waals surface area contributed by atoms with E-state index in [0.29, 0.717) is 18.9 Å². The Hall–Kier alpha value is -1.78.